The summed E-state index contributed by atoms with van der Waals surface area (Å²) in [7, 11) is 0. The Labute approximate surface area is 130 Å². The molecule has 0 bridgehead atoms. The van der Waals surface area contributed by atoms with E-state index in [9.17, 15) is 4.79 Å². The molecule has 2 rings (SSSR count). The Morgan fingerprint density at radius 3 is 2.35 bits per heavy atom. The molecule has 110 valence electrons. The molecular weight excluding hydrogens is 314 g/mol. The van der Waals surface area contributed by atoms with Crippen LogP contribution >= 0.6 is 15.9 Å². The molecule has 1 aromatic rings. The van der Waals surface area contributed by atoms with Crippen LogP contribution in [0.25, 0.3) is 0 Å². The predicted molar refractivity (Wildman–Crippen MR) is 87.6 cm³/mol. The van der Waals surface area contributed by atoms with Crippen molar-refractivity contribution in [1.29, 1.82) is 0 Å². The highest BCUT2D eigenvalue weighted by Crippen LogP contribution is 2.25. The summed E-state index contributed by atoms with van der Waals surface area (Å²) >= 11 is 3.50. The van der Waals surface area contributed by atoms with E-state index in [4.69, 9.17) is 0 Å². The molecule has 0 unspecified atom stereocenters. The van der Waals surface area contributed by atoms with Gasteiger partial charge in [-0.25, -0.2) is 0 Å². The van der Waals surface area contributed by atoms with Gasteiger partial charge >= 0.3 is 0 Å². The molecule has 1 aliphatic carbocycles. The van der Waals surface area contributed by atoms with Crippen LogP contribution in [0.5, 0.6) is 0 Å². The van der Waals surface area contributed by atoms with Gasteiger partial charge in [0.25, 0.3) is 5.91 Å². The van der Waals surface area contributed by atoms with E-state index in [1.165, 1.54) is 19.3 Å². The van der Waals surface area contributed by atoms with Crippen LogP contribution in [0.15, 0.2) is 18.2 Å². The predicted octanol–water partition coefficient (Wildman–Crippen LogP) is 4.47. The molecule has 0 spiro atoms. The third kappa shape index (κ3) is 3.43. The van der Waals surface area contributed by atoms with Gasteiger partial charge in [-0.3, -0.25) is 4.79 Å². The number of nitrogens with zero attached hydrogens (tertiary/aromatic N) is 1. The topological polar surface area (TPSA) is 20.3 Å². The van der Waals surface area contributed by atoms with Crippen molar-refractivity contribution in [2.45, 2.75) is 52.0 Å². The van der Waals surface area contributed by atoms with Crippen LogP contribution in [0.1, 0.15) is 53.6 Å². The largest absolute Gasteiger partial charge is 0.335 e. The number of carbonyl (C=O) groups excluding carboxylic acids is 1. The molecule has 0 heterocycles. The van der Waals surface area contributed by atoms with Crippen molar-refractivity contribution < 1.29 is 4.79 Å². The van der Waals surface area contributed by atoms with Gasteiger partial charge in [-0.15, -0.1) is 0 Å². The maximum absolute atomic E-state index is 13.0. The summed E-state index contributed by atoms with van der Waals surface area (Å²) in [5, 5.41) is 0.847. The first-order valence-electron chi connectivity index (χ1n) is 7.58. The lowest BCUT2D eigenvalue weighted by Crippen LogP contribution is -2.43. The minimum absolute atomic E-state index is 0.215. The summed E-state index contributed by atoms with van der Waals surface area (Å²) in [6.45, 7) is 4.87. The molecule has 0 aromatic heterocycles. The second-order valence-corrected chi connectivity index (χ2v) is 6.54. The number of amides is 1. The lowest BCUT2D eigenvalue weighted by Gasteiger charge is -2.34. The molecule has 0 radical (unpaired) electrons. The van der Waals surface area contributed by atoms with Gasteiger partial charge in [-0.05, 0) is 37.8 Å². The number of hydrogen-bond acceptors (Lipinski definition) is 1. The SMILES string of the molecule is Cc1cccc(C)c1C(=O)N(CCBr)C1CCCCC1. The monoisotopic (exact) mass is 337 g/mol. The second kappa shape index (κ2) is 7.26. The smallest absolute Gasteiger partial charge is 0.254 e. The van der Waals surface area contributed by atoms with E-state index >= 15 is 0 Å². The fourth-order valence-electron chi connectivity index (χ4n) is 3.23. The molecule has 1 aromatic carbocycles. The van der Waals surface area contributed by atoms with E-state index in [0.29, 0.717) is 6.04 Å². The zero-order valence-corrected chi connectivity index (χ0v) is 14.1. The zero-order valence-electron chi connectivity index (χ0n) is 12.5. The Balaban J connectivity index is 2.26. The second-order valence-electron chi connectivity index (χ2n) is 5.75. The Hall–Kier alpha value is -0.830. The number of benzene rings is 1. The van der Waals surface area contributed by atoms with Crippen molar-refractivity contribution in [2.24, 2.45) is 0 Å². The Kier molecular flexibility index (Phi) is 5.64. The van der Waals surface area contributed by atoms with Crippen molar-refractivity contribution >= 4 is 21.8 Å². The number of rotatable bonds is 4. The quantitative estimate of drug-likeness (QED) is 0.742. The molecule has 3 heteroatoms. The molecule has 0 aliphatic heterocycles. The highest BCUT2D eigenvalue weighted by molar-refractivity contribution is 9.09. The number of halogens is 1. The maximum Gasteiger partial charge on any atom is 0.254 e. The van der Waals surface area contributed by atoms with Gasteiger partial charge in [-0.2, -0.15) is 0 Å². The molecular formula is C17H24BrNO. The lowest BCUT2D eigenvalue weighted by atomic mass is 9.93. The molecule has 0 N–H and O–H groups in total. The van der Waals surface area contributed by atoms with Gasteiger partial charge in [0.2, 0.25) is 0 Å². The van der Waals surface area contributed by atoms with Crippen LogP contribution in [0.3, 0.4) is 0 Å². The van der Waals surface area contributed by atoms with Crippen LogP contribution in [0.4, 0.5) is 0 Å². The zero-order chi connectivity index (χ0) is 14.5. The van der Waals surface area contributed by atoms with Gasteiger partial charge in [0, 0.05) is 23.5 Å². The molecule has 2 nitrogen and oxygen atoms in total. The molecule has 0 atom stereocenters. The summed E-state index contributed by atoms with van der Waals surface area (Å²) in [4.78, 5) is 15.1. The maximum atomic E-state index is 13.0. The van der Waals surface area contributed by atoms with Gasteiger partial charge in [-0.1, -0.05) is 53.4 Å². The van der Waals surface area contributed by atoms with Crippen molar-refractivity contribution in [3.63, 3.8) is 0 Å². The van der Waals surface area contributed by atoms with E-state index < -0.39 is 0 Å². The van der Waals surface area contributed by atoms with Crippen LogP contribution in [-0.2, 0) is 0 Å². The van der Waals surface area contributed by atoms with Crippen molar-refractivity contribution in [3.05, 3.63) is 34.9 Å². The number of hydrogen-bond donors (Lipinski definition) is 0. The van der Waals surface area contributed by atoms with Crippen molar-refractivity contribution in [1.82, 2.24) is 4.90 Å². The summed E-state index contributed by atoms with van der Waals surface area (Å²) < 4.78 is 0. The average Bonchev–Trinajstić information content (AvgIpc) is 2.45. The van der Waals surface area contributed by atoms with Crippen molar-refractivity contribution in [3.8, 4) is 0 Å². The van der Waals surface area contributed by atoms with Crippen LogP contribution in [0.2, 0.25) is 0 Å². The summed E-state index contributed by atoms with van der Waals surface area (Å²) in [5.74, 6) is 0.215. The van der Waals surface area contributed by atoms with Gasteiger partial charge in [0.05, 0.1) is 0 Å². The molecule has 20 heavy (non-hydrogen) atoms. The minimum atomic E-state index is 0.215. The van der Waals surface area contributed by atoms with Crippen LogP contribution in [-0.4, -0.2) is 28.7 Å². The van der Waals surface area contributed by atoms with E-state index in [-0.39, 0.29) is 5.91 Å². The number of carbonyl (C=O) groups is 1. The van der Waals surface area contributed by atoms with Gasteiger partial charge < -0.3 is 4.90 Å². The molecule has 1 fully saturated rings. The standard InChI is InChI=1S/C17H24BrNO/c1-13-7-6-8-14(2)16(13)17(20)19(12-11-18)15-9-4-3-5-10-15/h6-8,15H,3-5,9-12H2,1-2H3. The number of alkyl halides is 1. The van der Waals surface area contributed by atoms with Crippen molar-refractivity contribution in [2.75, 3.05) is 11.9 Å². The van der Waals surface area contributed by atoms with E-state index in [1.54, 1.807) is 0 Å². The van der Waals surface area contributed by atoms with Gasteiger partial charge in [0.1, 0.15) is 0 Å². The van der Waals surface area contributed by atoms with Crippen LogP contribution < -0.4 is 0 Å². The van der Waals surface area contributed by atoms with Gasteiger partial charge in [0.15, 0.2) is 0 Å². The lowest BCUT2D eigenvalue weighted by molar-refractivity contribution is 0.0649. The van der Waals surface area contributed by atoms with Crippen LogP contribution in [0, 0.1) is 13.8 Å². The molecule has 1 amide bonds. The highest BCUT2D eigenvalue weighted by Gasteiger charge is 2.27. The number of aryl methyl sites for hydroxylation is 2. The Morgan fingerprint density at radius 2 is 1.80 bits per heavy atom. The fourth-order valence-corrected chi connectivity index (χ4v) is 3.61. The Morgan fingerprint density at radius 1 is 1.20 bits per heavy atom. The molecule has 0 saturated heterocycles. The molecule has 1 saturated carbocycles. The first-order valence-corrected chi connectivity index (χ1v) is 8.70. The van der Waals surface area contributed by atoms with E-state index in [0.717, 1.165) is 41.4 Å². The fraction of sp³-hybridized carbons (Fsp3) is 0.588. The third-order valence-electron chi connectivity index (χ3n) is 4.30. The third-order valence-corrected chi connectivity index (χ3v) is 4.65. The van der Waals surface area contributed by atoms with E-state index in [2.05, 4.69) is 20.8 Å². The summed E-state index contributed by atoms with van der Waals surface area (Å²) in [5.41, 5.74) is 3.08. The summed E-state index contributed by atoms with van der Waals surface area (Å²) in [6, 6.07) is 6.52. The van der Waals surface area contributed by atoms with E-state index in [1.807, 2.05) is 32.0 Å². The minimum Gasteiger partial charge on any atom is -0.335 e. The average molecular weight is 338 g/mol. The Bertz CT molecular complexity index is 446. The summed E-state index contributed by atoms with van der Waals surface area (Å²) in [6.07, 6.45) is 6.14. The first-order chi connectivity index (χ1) is 9.65. The molecule has 1 aliphatic rings. The normalized spacial score (nSPS) is 16.1. The highest BCUT2D eigenvalue weighted by atomic mass is 79.9. The first kappa shape index (κ1) is 15.6.